The maximum atomic E-state index is 11.9. The summed E-state index contributed by atoms with van der Waals surface area (Å²) in [6.07, 6.45) is 5.05. The number of ether oxygens (including phenoxy) is 1. The molecule has 2 aromatic heterocycles. The summed E-state index contributed by atoms with van der Waals surface area (Å²) in [5, 5.41) is 19.5. The molecular formula is C20H21ClN2O3. The summed E-state index contributed by atoms with van der Waals surface area (Å²) in [7, 11) is 0. The largest absolute Gasteiger partial charge is 0.478 e. The Bertz CT molecular complexity index is 950. The number of pyridine rings is 1. The van der Waals surface area contributed by atoms with Crippen LogP contribution in [0.3, 0.4) is 0 Å². The van der Waals surface area contributed by atoms with Gasteiger partial charge in [-0.15, -0.1) is 0 Å². The third-order valence-corrected chi connectivity index (χ3v) is 6.08. The van der Waals surface area contributed by atoms with Gasteiger partial charge in [-0.25, -0.2) is 4.79 Å². The predicted molar refractivity (Wildman–Crippen MR) is 97.9 cm³/mol. The third kappa shape index (κ3) is 2.60. The van der Waals surface area contributed by atoms with Crippen LogP contribution in [0.1, 0.15) is 67.1 Å². The Labute approximate surface area is 157 Å². The van der Waals surface area contributed by atoms with Gasteiger partial charge in [0.1, 0.15) is 5.56 Å². The number of aromatic nitrogens is 1. The Morgan fingerprint density at radius 3 is 2.77 bits per heavy atom. The van der Waals surface area contributed by atoms with Crippen LogP contribution in [0.2, 0.25) is 5.02 Å². The van der Waals surface area contributed by atoms with Gasteiger partial charge in [0.05, 0.1) is 33.3 Å². The van der Waals surface area contributed by atoms with Gasteiger partial charge in [0.15, 0.2) is 0 Å². The monoisotopic (exact) mass is 372 g/mol. The van der Waals surface area contributed by atoms with E-state index in [1.54, 1.807) is 4.40 Å². The van der Waals surface area contributed by atoms with Crippen molar-refractivity contribution in [2.45, 2.75) is 56.5 Å². The first-order chi connectivity index (χ1) is 12.3. The van der Waals surface area contributed by atoms with Gasteiger partial charge in [-0.2, -0.15) is 5.26 Å². The number of rotatable bonds is 3. The molecular weight excluding hydrogens is 352 g/mol. The van der Waals surface area contributed by atoms with Crippen molar-refractivity contribution in [2.75, 3.05) is 6.61 Å². The second-order valence-corrected chi connectivity index (χ2v) is 8.43. The highest BCUT2D eigenvalue weighted by molar-refractivity contribution is 6.37. The number of nitriles is 1. The Hall–Kier alpha value is -2.03. The molecule has 5 nitrogen and oxygen atoms in total. The molecule has 2 fully saturated rings. The van der Waals surface area contributed by atoms with Crippen molar-refractivity contribution < 1.29 is 14.6 Å². The van der Waals surface area contributed by atoms with E-state index in [2.05, 4.69) is 19.9 Å². The van der Waals surface area contributed by atoms with Gasteiger partial charge in [-0.3, -0.25) is 0 Å². The molecule has 1 aliphatic carbocycles. The van der Waals surface area contributed by atoms with Crippen molar-refractivity contribution in [1.82, 2.24) is 4.40 Å². The minimum atomic E-state index is -1.08. The molecule has 0 spiro atoms. The van der Waals surface area contributed by atoms with E-state index < -0.39 is 11.4 Å². The van der Waals surface area contributed by atoms with Crippen molar-refractivity contribution in [3.05, 3.63) is 40.2 Å². The van der Waals surface area contributed by atoms with Crippen molar-refractivity contribution in [3.8, 4) is 6.07 Å². The van der Waals surface area contributed by atoms with Gasteiger partial charge in [0, 0.05) is 12.8 Å². The first kappa shape index (κ1) is 17.4. The van der Waals surface area contributed by atoms with Gasteiger partial charge < -0.3 is 14.2 Å². The molecule has 0 bridgehead atoms. The molecule has 1 aliphatic heterocycles. The van der Waals surface area contributed by atoms with Crippen molar-refractivity contribution in [2.24, 2.45) is 0 Å². The fourth-order valence-electron chi connectivity index (χ4n) is 4.19. The van der Waals surface area contributed by atoms with Crippen LogP contribution in [-0.4, -0.2) is 27.7 Å². The first-order valence-electron chi connectivity index (χ1n) is 8.90. The molecule has 3 heterocycles. The first-order valence-corrected chi connectivity index (χ1v) is 9.28. The lowest BCUT2D eigenvalue weighted by molar-refractivity contribution is -0.0593. The Kier molecular flexibility index (Phi) is 3.83. The second kappa shape index (κ2) is 5.73. The van der Waals surface area contributed by atoms with Crippen LogP contribution in [0.15, 0.2) is 18.3 Å². The number of fused-ring (bicyclic) bond motifs is 1. The summed E-state index contributed by atoms with van der Waals surface area (Å²) < 4.78 is 7.61. The molecule has 0 aromatic carbocycles. The van der Waals surface area contributed by atoms with E-state index >= 15 is 0 Å². The summed E-state index contributed by atoms with van der Waals surface area (Å²) in [6.45, 7) is 4.89. The van der Waals surface area contributed by atoms with E-state index in [-0.39, 0.29) is 16.2 Å². The van der Waals surface area contributed by atoms with Crippen LogP contribution in [-0.2, 0) is 10.2 Å². The van der Waals surface area contributed by atoms with E-state index in [9.17, 15) is 15.2 Å². The molecule has 136 valence electrons. The number of nitrogens with zero attached hydrogens (tertiary/aromatic N) is 2. The fourth-order valence-corrected chi connectivity index (χ4v) is 4.51. The zero-order valence-electron chi connectivity index (χ0n) is 14.9. The zero-order valence-corrected chi connectivity index (χ0v) is 15.6. The molecule has 2 aromatic rings. The normalized spacial score (nSPS) is 23.5. The highest BCUT2D eigenvalue weighted by Crippen LogP contribution is 2.51. The number of carboxylic acids is 1. The van der Waals surface area contributed by atoms with Crippen molar-refractivity contribution in [3.63, 3.8) is 0 Å². The molecule has 26 heavy (non-hydrogen) atoms. The molecule has 0 unspecified atom stereocenters. The predicted octanol–water partition coefficient (Wildman–Crippen LogP) is 4.52. The fraction of sp³-hybridized carbons (Fsp3) is 0.500. The van der Waals surface area contributed by atoms with Crippen LogP contribution in [0.25, 0.3) is 5.52 Å². The van der Waals surface area contributed by atoms with E-state index in [0.717, 1.165) is 18.4 Å². The van der Waals surface area contributed by atoms with Crippen molar-refractivity contribution >= 4 is 23.1 Å². The minimum Gasteiger partial charge on any atom is -0.478 e. The number of hydrogen-bond donors (Lipinski definition) is 1. The van der Waals surface area contributed by atoms with Gasteiger partial charge in [-0.05, 0) is 63.1 Å². The van der Waals surface area contributed by atoms with Gasteiger partial charge in [0.25, 0.3) is 0 Å². The highest BCUT2D eigenvalue weighted by Gasteiger charge is 2.50. The second-order valence-electron chi connectivity index (χ2n) is 8.05. The Morgan fingerprint density at radius 1 is 1.46 bits per heavy atom. The molecule has 1 saturated heterocycles. The van der Waals surface area contributed by atoms with Crippen LogP contribution in [0, 0.1) is 11.3 Å². The van der Waals surface area contributed by atoms with E-state index in [1.807, 2.05) is 18.3 Å². The molecule has 0 amide bonds. The lowest BCUT2D eigenvalue weighted by Gasteiger charge is -2.35. The van der Waals surface area contributed by atoms with Crippen molar-refractivity contribution in [1.29, 1.82) is 5.26 Å². The zero-order chi connectivity index (χ0) is 18.7. The van der Waals surface area contributed by atoms with E-state index in [1.165, 1.54) is 0 Å². The van der Waals surface area contributed by atoms with Gasteiger partial charge in [0.2, 0.25) is 0 Å². The molecule has 0 radical (unpaired) electrons. The van der Waals surface area contributed by atoms with Gasteiger partial charge >= 0.3 is 5.97 Å². The van der Waals surface area contributed by atoms with Crippen LogP contribution < -0.4 is 0 Å². The molecule has 2 aliphatic rings. The molecule has 1 saturated carbocycles. The summed E-state index contributed by atoms with van der Waals surface area (Å²) in [6, 6.07) is 6.31. The summed E-state index contributed by atoms with van der Waals surface area (Å²) in [5.74, 6) is -0.735. The number of halogens is 1. The number of aromatic carboxylic acids is 1. The maximum absolute atomic E-state index is 11.9. The van der Waals surface area contributed by atoms with Crippen LogP contribution >= 0.6 is 11.6 Å². The Morgan fingerprint density at radius 2 is 2.19 bits per heavy atom. The maximum Gasteiger partial charge on any atom is 0.339 e. The summed E-state index contributed by atoms with van der Waals surface area (Å²) in [5.41, 5.74) is 1.49. The summed E-state index contributed by atoms with van der Waals surface area (Å²) in [4.78, 5) is 11.9. The number of carboxylic acid groups (broad SMARTS) is 1. The lowest BCUT2D eigenvalue weighted by atomic mass is 9.84. The molecule has 6 heteroatoms. The van der Waals surface area contributed by atoms with Crippen LogP contribution in [0.4, 0.5) is 0 Å². The van der Waals surface area contributed by atoms with E-state index in [4.69, 9.17) is 16.3 Å². The minimum absolute atomic E-state index is 0.0650. The standard InChI is InChI=1S/C20H21ClN2O3/c1-19(2)10-13(4-8-26-19)12-3-7-23-14(9-12)16(21)15(18(24)25)17(23)20(11-22)5-6-20/h3,7,9,13H,4-6,8,10H2,1-2H3,(H,24,25)/t13-/m1/s1. The Balaban J connectivity index is 1.86. The van der Waals surface area contributed by atoms with Crippen LogP contribution in [0.5, 0.6) is 0 Å². The number of carbonyl (C=O) groups is 1. The average molecular weight is 373 g/mol. The summed E-state index contributed by atoms with van der Waals surface area (Å²) >= 11 is 6.48. The SMILES string of the molecule is CC1(C)C[C@H](c2ccn3c(C4(C#N)CC4)c(C(=O)O)c(Cl)c3c2)CCO1. The molecule has 1 N–H and O–H groups in total. The smallest absolute Gasteiger partial charge is 0.339 e. The number of hydrogen-bond acceptors (Lipinski definition) is 3. The molecule has 1 atom stereocenters. The topological polar surface area (TPSA) is 74.7 Å². The lowest BCUT2D eigenvalue weighted by Crippen LogP contribution is -2.33. The quantitative estimate of drug-likeness (QED) is 0.859. The third-order valence-electron chi connectivity index (χ3n) is 5.70. The molecule has 4 rings (SSSR count). The van der Waals surface area contributed by atoms with E-state index in [0.29, 0.717) is 36.6 Å². The highest BCUT2D eigenvalue weighted by atomic mass is 35.5. The van der Waals surface area contributed by atoms with Gasteiger partial charge in [-0.1, -0.05) is 11.6 Å². The average Bonchev–Trinajstić information content (AvgIpc) is 3.32.